The largest absolute Gasteiger partial charge is 0.255 e. The fourth-order valence-corrected chi connectivity index (χ4v) is 4.00. The minimum absolute atomic E-state index is 0.0123. The molecule has 0 aliphatic carbocycles. The maximum absolute atomic E-state index is 12.4. The van der Waals surface area contributed by atoms with Crippen molar-refractivity contribution in [3.8, 4) is 0 Å². The van der Waals surface area contributed by atoms with Gasteiger partial charge in [0.15, 0.2) is 0 Å². The smallest absolute Gasteiger partial charge is 0.245 e. The molecule has 0 aliphatic heterocycles. The lowest BCUT2D eigenvalue weighted by Crippen LogP contribution is -2.24. The first-order chi connectivity index (χ1) is 9.72. The molecule has 1 heterocycles. The van der Waals surface area contributed by atoms with E-state index in [4.69, 9.17) is 23.2 Å². The van der Waals surface area contributed by atoms with Crippen molar-refractivity contribution in [1.29, 1.82) is 0 Å². The molecule has 0 fully saturated rings. The van der Waals surface area contributed by atoms with Crippen LogP contribution in [0.4, 0.5) is 0 Å². The summed E-state index contributed by atoms with van der Waals surface area (Å²) >= 11 is 11.9. The number of aryl methyl sites for hydroxylation is 3. The predicted octanol–water partition coefficient (Wildman–Crippen LogP) is 2.82. The Bertz CT molecular complexity index is 785. The first-order valence-electron chi connectivity index (χ1n) is 6.16. The maximum Gasteiger partial charge on any atom is 0.245 e. The second-order valence-electron chi connectivity index (χ2n) is 4.72. The van der Waals surface area contributed by atoms with Crippen LogP contribution in [0, 0.1) is 13.8 Å². The van der Waals surface area contributed by atoms with Crippen LogP contribution < -0.4 is 4.72 Å². The van der Waals surface area contributed by atoms with Gasteiger partial charge in [-0.15, -0.1) is 0 Å². The number of halogens is 2. The van der Waals surface area contributed by atoms with E-state index in [0.29, 0.717) is 10.7 Å². The lowest BCUT2D eigenvalue weighted by molar-refractivity contribution is 0.580. The molecule has 0 atom stereocenters. The molecule has 21 heavy (non-hydrogen) atoms. The number of hydrogen-bond acceptors (Lipinski definition) is 3. The van der Waals surface area contributed by atoms with Gasteiger partial charge in [-0.2, -0.15) is 5.10 Å². The molecule has 0 aliphatic rings. The highest BCUT2D eigenvalue weighted by atomic mass is 35.5. The Labute approximate surface area is 133 Å². The summed E-state index contributed by atoms with van der Waals surface area (Å²) in [6.45, 7) is 3.64. The van der Waals surface area contributed by atoms with Crippen LogP contribution in [0.15, 0.2) is 23.1 Å². The Morgan fingerprint density at radius 3 is 2.48 bits per heavy atom. The molecule has 2 aromatic rings. The summed E-state index contributed by atoms with van der Waals surface area (Å²) in [5, 5.41) is 4.72. The molecule has 8 heteroatoms. The van der Waals surface area contributed by atoms with Crippen LogP contribution in [0.3, 0.4) is 0 Å². The van der Waals surface area contributed by atoms with Gasteiger partial charge in [-0.3, -0.25) is 4.68 Å². The third-order valence-electron chi connectivity index (χ3n) is 3.13. The molecule has 0 unspecified atom stereocenters. The van der Waals surface area contributed by atoms with Gasteiger partial charge in [0.1, 0.15) is 10.0 Å². The van der Waals surface area contributed by atoms with Crippen molar-refractivity contribution in [2.24, 2.45) is 7.05 Å². The van der Waals surface area contributed by atoms with Gasteiger partial charge in [-0.1, -0.05) is 29.3 Å². The molecule has 114 valence electrons. The van der Waals surface area contributed by atoms with E-state index >= 15 is 0 Å². The number of rotatable bonds is 4. The molecule has 1 aromatic carbocycles. The van der Waals surface area contributed by atoms with Gasteiger partial charge >= 0.3 is 0 Å². The van der Waals surface area contributed by atoms with Crippen LogP contribution in [-0.4, -0.2) is 18.2 Å². The van der Waals surface area contributed by atoms with Crippen molar-refractivity contribution in [3.05, 3.63) is 45.2 Å². The van der Waals surface area contributed by atoms with E-state index in [0.717, 1.165) is 11.1 Å². The number of nitrogens with one attached hydrogen (secondary N) is 1. The Kier molecular flexibility index (Phi) is 4.63. The van der Waals surface area contributed by atoms with Crippen LogP contribution >= 0.6 is 23.2 Å². The molecule has 1 N–H and O–H groups in total. The van der Waals surface area contributed by atoms with Crippen molar-refractivity contribution in [2.45, 2.75) is 25.3 Å². The quantitative estimate of drug-likeness (QED) is 0.924. The van der Waals surface area contributed by atoms with Gasteiger partial charge in [-0.25, -0.2) is 13.1 Å². The van der Waals surface area contributed by atoms with Crippen LogP contribution in [0.25, 0.3) is 0 Å². The molecule has 0 bridgehead atoms. The molecule has 0 radical (unpaired) electrons. The van der Waals surface area contributed by atoms with Crippen LogP contribution in [0.2, 0.25) is 10.2 Å². The van der Waals surface area contributed by atoms with Gasteiger partial charge in [-0.05, 0) is 37.1 Å². The third kappa shape index (κ3) is 3.40. The average molecular weight is 348 g/mol. The topological polar surface area (TPSA) is 64.0 Å². The summed E-state index contributed by atoms with van der Waals surface area (Å²) in [4.78, 5) is 0.0123. The molecule has 0 saturated heterocycles. The van der Waals surface area contributed by atoms with Crippen molar-refractivity contribution >= 4 is 33.2 Å². The third-order valence-corrected chi connectivity index (χ3v) is 5.46. The van der Waals surface area contributed by atoms with Crippen LogP contribution in [-0.2, 0) is 23.6 Å². The highest BCUT2D eigenvalue weighted by molar-refractivity contribution is 7.89. The summed E-state index contributed by atoms with van der Waals surface area (Å²) in [5.74, 6) is 0. The lowest BCUT2D eigenvalue weighted by atomic mass is 10.1. The number of hydrogen-bond donors (Lipinski definition) is 1. The molecule has 1 aromatic heterocycles. The van der Waals surface area contributed by atoms with E-state index in [2.05, 4.69) is 9.82 Å². The normalized spacial score (nSPS) is 11.9. The monoisotopic (exact) mass is 347 g/mol. The standard InChI is InChI=1S/C13H15Cl2N3O2S/c1-8-6-11(14)5-4-10(8)7-16-21(19,20)12-9(2)17-18(3)13(12)15/h4-6,16H,7H2,1-3H3. The van der Waals surface area contributed by atoms with Gasteiger partial charge < -0.3 is 0 Å². The summed E-state index contributed by atoms with van der Waals surface area (Å²) in [5.41, 5.74) is 2.13. The predicted molar refractivity (Wildman–Crippen MR) is 83.2 cm³/mol. The molecule has 5 nitrogen and oxygen atoms in total. The zero-order valence-corrected chi connectivity index (χ0v) is 14.1. The van der Waals surface area contributed by atoms with Crippen molar-refractivity contribution < 1.29 is 8.42 Å². The van der Waals surface area contributed by atoms with Crippen LogP contribution in [0.5, 0.6) is 0 Å². The highest BCUT2D eigenvalue weighted by Crippen LogP contribution is 2.24. The van der Waals surface area contributed by atoms with E-state index in [1.54, 1.807) is 32.2 Å². The molecular formula is C13H15Cl2N3O2S. The second-order valence-corrected chi connectivity index (χ2v) is 7.22. The van der Waals surface area contributed by atoms with E-state index in [1.165, 1.54) is 4.68 Å². The minimum atomic E-state index is -3.72. The average Bonchev–Trinajstić information content (AvgIpc) is 2.62. The second kappa shape index (κ2) is 5.96. The number of nitrogens with zero attached hydrogens (tertiary/aromatic N) is 2. The first-order valence-corrected chi connectivity index (χ1v) is 8.40. The Hall–Kier alpha value is -1.08. The number of sulfonamides is 1. The maximum atomic E-state index is 12.4. The minimum Gasteiger partial charge on any atom is -0.255 e. The summed E-state index contributed by atoms with van der Waals surface area (Å²) < 4.78 is 28.6. The fourth-order valence-electron chi connectivity index (χ4n) is 2.02. The van der Waals surface area contributed by atoms with Crippen LogP contribution in [0.1, 0.15) is 16.8 Å². The van der Waals surface area contributed by atoms with Crippen molar-refractivity contribution in [3.63, 3.8) is 0 Å². The van der Waals surface area contributed by atoms with E-state index in [-0.39, 0.29) is 16.6 Å². The molecule has 2 rings (SSSR count). The summed E-state index contributed by atoms with van der Waals surface area (Å²) in [6, 6.07) is 5.30. The van der Waals surface area contributed by atoms with E-state index in [1.807, 2.05) is 6.92 Å². The fraction of sp³-hybridized carbons (Fsp3) is 0.308. The highest BCUT2D eigenvalue weighted by Gasteiger charge is 2.24. The Morgan fingerprint density at radius 1 is 1.29 bits per heavy atom. The van der Waals surface area contributed by atoms with Crippen molar-refractivity contribution in [2.75, 3.05) is 0 Å². The van der Waals surface area contributed by atoms with Gasteiger partial charge in [0.05, 0.1) is 5.69 Å². The zero-order chi connectivity index (χ0) is 15.8. The zero-order valence-electron chi connectivity index (χ0n) is 11.8. The van der Waals surface area contributed by atoms with Gasteiger partial charge in [0.2, 0.25) is 10.0 Å². The van der Waals surface area contributed by atoms with E-state index < -0.39 is 10.0 Å². The van der Waals surface area contributed by atoms with Gasteiger partial charge in [0.25, 0.3) is 0 Å². The molecule has 0 saturated carbocycles. The van der Waals surface area contributed by atoms with E-state index in [9.17, 15) is 8.42 Å². The summed E-state index contributed by atoms with van der Waals surface area (Å²) in [6.07, 6.45) is 0. The number of benzene rings is 1. The number of aromatic nitrogens is 2. The molecular weight excluding hydrogens is 333 g/mol. The Balaban J connectivity index is 2.26. The van der Waals surface area contributed by atoms with Crippen molar-refractivity contribution in [1.82, 2.24) is 14.5 Å². The first kappa shape index (κ1) is 16.3. The summed E-state index contributed by atoms with van der Waals surface area (Å²) in [7, 11) is -2.13. The molecule has 0 spiro atoms. The van der Waals surface area contributed by atoms with Gasteiger partial charge in [0, 0.05) is 18.6 Å². The molecule has 0 amide bonds. The SMILES string of the molecule is Cc1cc(Cl)ccc1CNS(=O)(=O)c1c(C)nn(C)c1Cl. The Morgan fingerprint density at radius 2 is 1.95 bits per heavy atom. The lowest BCUT2D eigenvalue weighted by Gasteiger charge is -2.09.